The summed E-state index contributed by atoms with van der Waals surface area (Å²) in [4.78, 5) is 28.7. The molecule has 1 aromatic carbocycles. The van der Waals surface area contributed by atoms with Crippen LogP contribution >= 0.6 is 11.8 Å². The van der Waals surface area contributed by atoms with Crippen molar-refractivity contribution in [2.24, 2.45) is 0 Å². The quantitative estimate of drug-likeness (QED) is 0.753. The van der Waals surface area contributed by atoms with Gasteiger partial charge < -0.3 is 10.0 Å². The number of rotatable bonds is 7. The third kappa shape index (κ3) is 5.75. The number of amides is 1. The van der Waals surface area contributed by atoms with Crippen LogP contribution in [0.2, 0.25) is 0 Å². The second kappa shape index (κ2) is 9.25. The van der Waals surface area contributed by atoms with E-state index in [2.05, 4.69) is 13.8 Å². The lowest BCUT2D eigenvalue weighted by atomic mass is 10.0. The summed E-state index contributed by atoms with van der Waals surface area (Å²) in [7, 11) is 0. The molecule has 0 atom stereocenters. The fourth-order valence-electron chi connectivity index (χ4n) is 3.24. The van der Waals surface area contributed by atoms with Crippen molar-refractivity contribution >= 4 is 23.6 Å². The van der Waals surface area contributed by atoms with Crippen molar-refractivity contribution in [3.05, 3.63) is 29.8 Å². The van der Waals surface area contributed by atoms with Gasteiger partial charge >= 0.3 is 5.97 Å². The number of carbonyl (C=O) groups excluding carboxylic acids is 1. The molecule has 1 aliphatic rings. The van der Waals surface area contributed by atoms with Gasteiger partial charge in [-0.3, -0.25) is 14.5 Å². The predicted molar refractivity (Wildman–Crippen MR) is 101 cm³/mol. The fraction of sp³-hybridized carbons (Fsp3) is 0.579. The number of aliphatic carboxylic acids is 1. The molecule has 138 valence electrons. The zero-order valence-electron chi connectivity index (χ0n) is 15.3. The topological polar surface area (TPSA) is 60.9 Å². The largest absolute Gasteiger partial charge is 0.480 e. The Morgan fingerprint density at radius 3 is 2.32 bits per heavy atom. The monoisotopic (exact) mass is 364 g/mol. The number of piperidine rings is 1. The highest BCUT2D eigenvalue weighted by Gasteiger charge is 2.27. The molecule has 25 heavy (non-hydrogen) atoms. The lowest BCUT2D eigenvalue weighted by Crippen LogP contribution is -2.48. The average Bonchev–Trinajstić information content (AvgIpc) is 2.59. The lowest BCUT2D eigenvalue weighted by molar-refractivity contribution is -0.139. The van der Waals surface area contributed by atoms with Gasteiger partial charge in [-0.05, 0) is 43.7 Å². The minimum Gasteiger partial charge on any atom is -0.480 e. The standard InChI is InChI=1S/C19H28N2O3S/c1-4-20(13-18(22)23)16-9-11-21(12-10-16)19(24)15-5-7-17(8-6-15)25-14(2)3/h5-8,14,16H,4,9-13H2,1-3H3,(H,22,23). The van der Waals surface area contributed by atoms with E-state index in [9.17, 15) is 9.59 Å². The maximum absolute atomic E-state index is 12.7. The van der Waals surface area contributed by atoms with Crippen LogP contribution in [0.5, 0.6) is 0 Å². The summed E-state index contributed by atoms with van der Waals surface area (Å²) in [6.07, 6.45) is 1.66. The first kappa shape index (κ1) is 19.8. The van der Waals surface area contributed by atoms with Crippen LogP contribution in [-0.2, 0) is 4.79 Å². The number of carboxylic acids is 1. The zero-order valence-corrected chi connectivity index (χ0v) is 16.1. The van der Waals surface area contributed by atoms with E-state index in [-0.39, 0.29) is 18.5 Å². The van der Waals surface area contributed by atoms with Gasteiger partial charge in [0.2, 0.25) is 0 Å². The van der Waals surface area contributed by atoms with Crippen molar-refractivity contribution < 1.29 is 14.7 Å². The first-order valence-corrected chi connectivity index (χ1v) is 9.80. The maximum Gasteiger partial charge on any atom is 0.317 e. The molecule has 1 amide bonds. The summed E-state index contributed by atoms with van der Waals surface area (Å²) in [5.74, 6) is -0.722. The molecule has 0 unspecified atom stereocenters. The molecule has 0 saturated carbocycles. The molecule has 1 heterocycles. The first-order chi connectivity index (χ1) is 11.9. The Kier molecular flexibility index (Phi) is 7.32. The van der Waals surface area contributed by atoms with E-state index in [1.165, 1.54) is 4.90 Å². The average molecular weight is 365 g/mol. The normalized spacial score (nSPS) is 15.8. The molecule has 0 aliphatic carbocycles. The molecule has 0 bridgehead atoms. The Bertz CT molecular complexity index is 581. The highest BCUT2D eigenvalue weighted by atomic mass is 32.2. The third-order valence-corrected chi connectivity index (χ3v) is 5.50. The Balaban J connectivity index is 1.91. The number of hydrogen-bond acceptors (Lipinski definition) is 4. The Morgan fingerprint density at radius 1 is 1.24 bits per heavy atom. The van der Waals surface area contributed by atoms with Crippen molar-refractivity contribution in [3.8, 4) is 0 Å². The van der Waals surface area contributed by atoms with Crippen LogP contribution in [-0.4, -0.2) is 64.3 Å². The molecule has 2 rings (SSSR count). The van der Waals surface area contributed by atoms with Crippen molar-refractivity contribution in [2.45, 2.75) is 49.8 Å². The molecule has 0 aromatic heterocycles. The smallest absolute Gasteiger partial charge is 0.317 e. The Hall–Kier alpha value is -1.53. The van der Waals surface area contributed by atoms with E-state index in [0.29, 0.717) is 18.3 Å². The SMILES string of the molecule is CCN(CC(=O)O)C1CCN(C(=O)c2ccc(SC(C)C)cc2)CC1. The van der Waals surface area contributed by atoms with E-state index in [1.807, 2.05) is 41.0 Å². The molecular formula is C19H28N2O3S. The Labute approximate surface area is 154 Å². The van der Waals surface area contributed by atoms with Gasteiger partial charge in [-0.25, -0.2) is 0 Å². The van der Waals surface area contributed by atoms with E-state index < -0.39 is 5.97 Å². The van der Waals surface area contributed by atoms with Crippen LogP contribution in [0.15, 0.2) is 29.2 Å². The van der Waals surface area contributed by atoms with E-state index >= 15 is 0 Å². The van der Waals surface area contributed by atoms with Crippen LogP contribution in [0.4, 0.5) is 0 Å². The molecule has 5 nitrogen and oxygen atoms in total. The highest BCUT2D eigenvalue weighted by molar-refractivity contribution is 7.99. The summed E-state index contributed by atoms with van der Waals surface area (Å²) >= 11 is 1.79. The van der Waals surface area contributed by atoms with Gasteiger partial charge in [0.05, 0.1) is 6.54 Å². The molecule has 6 heteroatoms. The molecule has 0 radical (unpaired) electrons. The van der Waals surface area contributed by atoms with E-state index in [0.717, 1.165) is 24.9 Å². The Morgan fingerprint density at radius 2 is 1.84 bits per heavy atom. The van der Waals surface area contributed by atoms with Gasteiger partial charge in [0.1, 0.15) is 0 Å². The minimum atomic E-state index is -0.792. The number of hydrogen-bond donors (Lipinski definition) is 1. The third-order valence-electron chi connectivity index (χ3n) is 4.49. The van der Waals surface area contributed by atoms with Gasteiger partial charge in [0, 0.05) is 34.8 Å². The highest BCUT2D eigenvalue weighted by Crippen LogP contribution is 2.24. The van der Waals surface area contributed by atoms with E-state index in [4.69, 9.17) is 5.11 Å². The van der Waals surface area contributed by atoms with Crippen LogP contribution in [0.25, 0.3) is 0 Å². The summed E-state index contributed by atoms with van der Waals surface area (Å²) < 4.78 is 0. The summed E-state index contributed by atoms with van der Waals surface area (Å²) in [5, 5.41) is 9.52. The number of likely N-dealkylation sites (N-methyl/N-ethyl adjacent to an activating group) is 1. The van der Waals surface area contributed by atoms with Crippen LogP contribution in [0.1, 0.15) is 44.0 Å². The molecule has 0 spiro atoms. The molecular weight excluding hydrogens is 336 g/mol. The zero-order chi connectivity index (χ0) is 18.4. The van der Waals surface area contributed by atoms with E-state index in [1.54, 1.807) is 11.8 Å². The van der Waals surface area contributed by atoms with Gasteiger partial charge in [-0.1, -0.05) is 20.8 Å². The summed E-state index contributed by atoms with van der Waals surface area (Å²) in [5.41, 5.74) is 0.726. The summed E-state index contributed by atoms with van der Waals surface area (Å²) in [6, 6.07) is 8.08. The number of thioether (sulfide) groups is 1. The van der Waals surface area contributed by atoms with Crippen LogP contribution in [0, 0.1) is 0 Å². The maximum atomic E-state index is 12.7. The van der Waals surface area contributed by atoms with Crippen molar-refractivity contribution in [3.63, 3.8) is 0 Å². The fourth-order valence-corrected chi connectivity index (χ4v) is 4.08. The number of carboxylic acid groups (broad SMARTS) is 1. The second-order valence-electron chi connectivity index (χ2n) is 6.67. The molecule has 1 aromatic rings. The van der Waals surface area contributed by atoms with Gasteiger partial charge in [-0.15, -0.1) is 11.8 Å². The molecule has 1 aliphatic heterocycles. The van der Waals surface area contributed by atoms with Gasteiger partial charge in [-0.2, -0.15) is 0 Å². The first-order valence-electron chi connectivity index (χ1n) is 8.92. The van der Waals surface area contributed by atoms with Crippen molar-refractivity contribution in [2.75, 3.05) is 26.2 Å². The predicted octanol–water partition coefficient (Wildman–Crippen LogP) is 3.20. The number of carbonyl (C=O) groups is 2. The molecule has 1 saturated heterocycles. The lowest BCUT2D eigenvalue weighted by Gasteiger charge is -2.37. The molecule has 1 fully saturated rings. The van der Waals surface area contributed by atoms with Crippen LogP contribution < -0.4 is 0 Å². The number of benzene rings is 1. The minimum absolute atomic E-state index is 0.0702. The van der Waals surface area contributed by atoms with Crippen molar-refractivity contribution in [1.29, 1.82) is 0 Å². The number of likely N-dealkylation sites (tertiary alicyclic amines) is 1. The van der Waals surface area contributed by atoms with Crippen molar-refractivity contribution in [1.82, 2.24) is 9.80 Å². The van der Waals surface area contributed by atoms with Gasteiger partial charge in [0.15, 0.2) is 0 Å². The van der Waals surface area contributed by atoms with Gasteiger partial charge in [0.25, 0.3) is 5.91 Å². The molecule has 1 N–H and O–H groups in total. The summed E-state index contributed by atoms with van der Waals surface area (Å²) in [6.45, 7) is 8.45. The van der Waals surface area contributed by atoms with Crippen LogP contribution in [0.3, 0.4) is 0 Å². The second-order valence-corrected chi connectivity index (χ2v) is 8.32. The number of nitrogens with zero attached hydrogens (tertiary/aromatic N) is 2.